The number of anilines is 1. The molecule has 0 spiro atoms. The minimum atomic E-state index is -1.60. The Kier molecular flexibility index (Phi) is 5.72. The van der Waals surface area contributed by atoms with Gasteiger partial charge in [-0.1, -0.05) is 20.8 Å². The summed E-state index contributed by atoms with van der Waals surface area (Å²) in [6.07, 6.45) is -1.05. The van der Waals surface area contributed by atoms with Crippen LogP contribution in [-0.2, 0) is 23.7 Å². The average Bonchev–Trinajstić information content (AvgIpc) is 3.36. The van der Waals surface area contributed by atoms with E-state index in [4.69, 9.17) is 29.4 Å². The lowest BCUT2D eigenvalue weighted by atomic mass is 9.93. The van der Waals surface area contributed by atoms with Crippen LogP contribution in [0.3, 0.4) is 0 Å². The van der Waals surface area contributed by atoms with Crippen LogP contribution in [0.15, 0.2) is 18.5 Å². The number of hydrogen-bond donors (Lipinski definition) is 1. The number of fused-ring (bicyclic) bond motifs is 2. The van der Waals surface area contributed by atoms with Gasteiger partial charge in [-0.15, -0.1) is 0 Å². The Balaban J connectivity index is 1.56. The standard InChI is InChI=1S/C22H29N5O6/c1-20(2,3)8-9-29-19(28)30-11-22(10-23)17-16(31-21(4,5)33-17)15(32-22)13-6-7-14-18(24)25-12-26-27(13)14/h6-7,12,15-17H,8-9,11H2,1-5H3,(H2,24,25,26)/t15-,16?,17?,22+/m0/s1. The summed E-state index contributed by atoms with van der Waals surface area (Å²) < 4.78 is 30.4. The SMILES string of the molecule is CC(C)(C)CCOC(=O)OC[C@@]1(C#N)O[C@@H](c2ccc3c(N)ncnn23)C2OC(C)(C)OC21. The largest absolute Gasteiger partial charge is 0.508 e. The fourth-order valence-corrected chi connectivity index (χ4v) is 4.04. The van der Waals surface area contributed by atoms with Crippen LogP contribution in [0.4, 0.5) is 10.6 Å². The fourth-order valence-electron chi connectivity index (χ4n) is 4.04. The maximum atomic E-state index is 12.2. The zero-order chi connectivity index (χ0) is 24.0. The topological polar surface area (TPSA) is 143 Å². The van der Waals surface area contributed by atoms with Gasteiger partial charge in [-0.25, -0.2) is 14.3 Å². The van der Waals surface area contributed by atoms with Gasteiger partial charge < -0.3 is 29.4 Å². The molecule has 2 aromatic heterocycles. The summed E-state index contributed by atoms with van der Waals surface area (Å²) in [5.74, 6) is -0.657. The molecule has 11 heteroatoms. The Hall–Kier alpha value is -2.94. The second-order valence-corrected chi connectivity index (χ2v) is 9.96. The number of nitrogen functional groups attached to an aromatic ring is 1. The number of hydrogen-bond acceptors (Lipinski definition) is 10. The van der Waals surface area contributed by atoms with E-state index in [0.29, 0.717) is 23.4 Å². The van der Waals surface area contributed by atoms with Crippen LogP contribution in [0.25, 0.3) is 5.52 Å². The van der Waals surface area contributed by atoms with Crippen LogP contribution in [0.2, 0.25) is 0 Å². The van der Waals surface area contributed by atoms with Gasteiger partial charge in [-0.2, -0.15) is 10.4 Å². The van der Waals surface area contributed by atoms with Crippen LogP contribution in [-0.4, -0.2) is 57.6 Å². The Labute approximate surface area is 191 Å². The molecule has 2 aliphatic heterocycles. The van der Waals surface area contributed by atoms with Gasteiger partial charge in [-0.05, 0) is 37.8 Å². The zero-order valence-corrected chi connectivity index (χ0v) is 19.4. The van der Waals surface area contributed by atoms with Gasteiger partial charge in [-0.3, -0.25) is 0 Å². The number of carbonyl (C=O) groups excluding carboxylic acids is 1. The molecule has 0 radical (unpaired) electrons. The van der Waals surface area contributed by atoms with E-state index in [1.807, 2.05) is 20.8 Å². The molecule has 11 nitrogen and oxygen atoms in total. The third-order valence-electron chi connectivity index (χ3n) is 5.69. The van der Waals surface area contributed by atoms with Crippen molar-refractivity contribution < 1.29 is 28.5 Å². The molecule has 0 aliphatic carbocycles. The van der Waals surface area contributed by atoms with Gasteiger partial charge in [0.25, 0.3) is 0 Å². The van der Waals surface area contributed by atoms with Crippen molar-refractivity contribution in [2.24, 2.45) is 5.41 Å². The van der Waals surface area contributed by atoms with Crippen molar-refractivity contribution in [3.8, 4) is 6.07 Å². The van der Waals surface area contributed by atoms with Crippen LogP contribution in [0, 0.1) is 16.7 Å². The summed E-state index contributed by atoms with van der Waals surface area (Å²) in [5, 5.41) is 14.4. The van der Waals surface area contributed by atoms with Crippen LogP contribution in [0.1, 0.15) is 52.8 Å². The van der Waals surface area contributed by atoms with Crippen molar-refractivity contribution in [1.82, 2.24) is 14.6 Å². The highest BCUT2D eigenvalue weighted by Crippen LogP contribution is 2.50. The smallest absolute Gasteiger partial charge is 0.434 e. The Bertz CT molecular complexity index is 1090. The molecule has 0 saturated carbocycles. The molecule has 0 aromatic carbocycles. The molecule has 178 valence electrons. The van der Waals surface area contributed by atoms with E-state index in [-0.39, 0.29) is 18.6 Å². The molecule has 0 amide bonds. The van der Waals surface area contributed by atoms with Crippen molar-refractivity contribution in [3.05, 3.63) is 24.2 Å². The maximum absolute atomic E-state index is 12.2. The van der Waals surface area contributed by atoms with E-state index in [0.717, 1.165) is 0 Å². The van der Waals surface area contributed by atoms with Crippen molar-refractivity contribution in [3.63, 3.8) is 0 Å². The second kappa shape index (κ2) is 8.13. The molecule has 4 heterocycles. The Morgan fingerprint density at radius 1 is 1.27 bits per heavy atom. The fraction of sp³-hybridized carbons (Fsp3) is 0.636. The van der Waals surface area contributed by atoms with E-state index >= 15 is 0 Å². The summed E-state index contributed by atoms with van der Waals surface area (Å²) >= 11 is 0. The van der Waals surface area contributed by atoms with Crippen LogP contribution >= 0.6 is 0 Å². The van der Waals surface area contributed by atoms with Crippen molar-refractivity contribution in [2.45, 2.75) is 70.7 Å². The Morgan fingerprint density at radius 3 is 2.73 bits per heavy atom. The van der Waals surface area contributed by atoms with Crippen LogP contribution in [0.5, 0.6) is 0 Å². The average molecular weight is 460 g/mol. The van der Waals surface area contributed by atoms with Crippen molar-refractivity contribution >= 4 is 17.5 Å². The first-order chi connectivity index (χ1) is 15.4. The van der Waals surface area contributed by atoms with Crippen molar-refractivity contribution in [2.75, 3.05) is 18.9 Å². The summed E-state index contributed by atoms with van der Waals surface area (Å²) in [4.78, 5) is 16.2. The highest BCUT2D eigenvalue weighted by molar-refractivity contribution is 5.65. The molecule has 2 fully saturated rings. The number of nitrogens with zero attached hydrogens (tertiary/aromatic N) is 4. The first-order valence-corrected chi connectivity index (χ1v) is 10.8. The minimum Gasteiger partial charge on any atom is -0.434 e. The van der Waals surface area contributed by atoms with Crippen LogP contribution < -0.4 is 5.73 Å². The first kappa shape index (κ1) is 23.2. The minimum absolute atomic E-state index is 0.0106. The predicted molar refractivity (Wildman–Crippen MR) is 115 cm³/mol. The molecule has 4 rings (SSSR count). The molecule has 33 heavy (non-hydrogen) atoms. The number of rotatable bonds is 5. The number of aromatic nitrogens is 3. The lowest BCUT2D eigenvalue weighted by Gasteiger charge is -2.28. The predicted octanol–water partition coefficient (Wildman–Crippen LogP) is 2.75. The third kappa shape index (κ3) is 4.46. The van der Waals surface area contributed by atoms with Gasteiger partial charge >= 0.3 is 6.16 Å². The molecule has 2 saturated heterocycles. The highest BCUT2D eigenvalue weighted by atomic mass is 16.8. The van der Waals surface area contributed by atoms with E-state index in [2.05, 4.69) is 16.2 Å². The van der Waals surface area contributed by atoms with E-state index in [1.165, 1.54) is 6.33 Å². The number of nitriles is 1. The molecule has 0 bridgehead atoms. The van der Waals surface area contributed by atoms with Gasteiger partial charge in [0.05, 0.1) is 12.3 Å². The molecule has 4 atom stereocenters. The van der Waals surface area contributed by atoms with Crippen molar-refractivity contribution in [1.29, 1.82) is 5.26 Å². The van der Waals surface area contributed by atoms with E-state index in [1.54, 1.807) is 30.5 Å². The quantitative estimate of drug-likeness (QED) is 0.663. The molecular weight excluding hydrogens is 430 g/mol. The maximum Gasteiger partial charge on any atom is 0.508 e. The summed E-state index contributed by atoms with van der Waals surface area (Å²) in [6.45, 7) is 9.47. The highest BCUT2D eigenvalue weighted by Gasteiger charge is 2.65. The number of carbonyl (C=O) groups is 1. The van der Waals surface area contributed by atoms with Gasteiger partial charge in [0.2, 0.25) is 5.60 Å². The van der Waals surface area contributed by atoms with Gasteiger partial charge in [0, 0.05) is 0 Å². The normalized spacial score (nSPS) is 28.4. The third-order valence-corrected chi connectivity index (χ3v) is 5.69. The lowest BCUT2D eigenvalue weighted by molar-refractivity contribution is -0.205. The lowest BCUT2D eigenvalue weighted by Crippen LogP contribution is -2.46. The Morgan fingerprint density at radius 2 is 2.03 bits per heavy atom. The summed E-state index contributed by atoms with van der Waals surface area (Å²) in [6, 6.07) is 5.69. The molecule has 2 N–H and O–H groups in total. The molecule has 2 aromatic rings. The zero-order valence-electron chi connectivity index (χ0n) is 19.4. The van der Waals surface area contributed by atoms with Gasteiger partial charge in [0.1, 0.15) is 42.8 Å². The van der Waals surface area contributed by atoms with E-state index in [9.17, 15) is 10.1 Å². The van der Waals surface area contributed by atoms with E-state index < -0.39 is 35.9 Å². The number of nitrogens with two attached hydrogens (primary N) is 1. The molecule has 2 unspecified atom stereocenters. The molecule has 2 aliphatic rings. The summed E-state index contributed by atoms with van der Waals surface area (Å²) in [5.41, 5.74) is 5.57. The number of ether oxygens (including phenoxy) is 5. The monoisotopic (exact) mass is 459 g/mol. The first-order valence-electron chi connectivity index (χ1n) is 10.8. The molecular formula is C22H29N5O6. The summed E-state index contributed by atoms with van der Waals surface area (Å²) in [7, 11) is 0. The van der Waals surface area contributed by atoms with Gasteiger partial charge in [0.15, 0.2) is 11.6 Å². The second-order valence-electron chi connectivity index (χ2n) is 9.96.